The van der Waals surface area contributed by atoms with E-state index in [2.05, 4.69) is 16.0 Å². The van der Waals surface area contributed by atoms with Gasteiger partial charge in [0.2, 0.25) is 0 Å². The molecule has 4 rings (SSSR count). The molecule has 0 bridgehead atoms. The van der Waals surface area contributed by atoms with Crippen molar-refractivity contribution >= 4 is 45.9 Å². The number of nitrogens with zero attached hydrogens (tertiary/aromatic N) is 3. The largest absolute Gasteiger partial charge is 0.337 e. The summed E-state index contributed by atoms with van der Waals surface area (Å²) in [6.45, 7) is 3.98. The highest BCUT2D eigenvalue weighted by Crippen LogP contribution is 2.32. The van der Waals surface area contributed by atoms with Gasteiger partial charge in [-0.3, -0.25) is 0 Å². The van der Waals surface area contributed by atoms with Gasteiger partial charge < -0.3 is 9.55 Å². The Hall–Kier alpha value is -3.00. The van der Waals surface area contributed by atoms with Crippen LogP contribution in [0.4, 0.5) is 0 Å². The molecule has 0 aliphatic carbocycles. The number of fused-ring (bicyclic) bond motifs is 1. The number of aromatic amines is 1. The van der Waals surface area contributed by atoms with E-state index < -0.39 is 0 Å². The number of halogens is 2. The van der Waals surface area contributed by atoms with E-state index in [0.717, 1.165) is 33.7 Å². The molecule has 0 saturated carbocycles. The molecule has 0 unspecified atom stereocenters. The number of hydrogen-bond acceptors (Lipinski definition) is 2. The summed E-state index contributed by atoms with van der Waals surface area (Å²) in [7, 11) is 0. The highest BCUT2D eigenvalue weighted by atomic mass is 35.5. The molecule has 0 aliphatic rings. The van der Waals surface area contributed by atoms with Gasteiger partial charge in [0.15, 0.2) is 0 Å². The lowest BCUT2D eigenvalue weighted by molar-refractivity contribution is 0.965. The fourth-order valence-corrected chi connectivity index (χ4v) is 3.74. The van der Waals surface area contributed by atoms with E-state index in [9.17, 15) is 5.26 Å². The van der Waals surface area contributed by atoms with Crippen LogP contribution in [0.5, 0.6) is 0 Å². The quantitative estimate of drug-likeness (QED) is 0.403. The molecule has 0 saturated heterocycles. The van der Waals surface area contributed by atoms with Crippen molar-refractivity contribution < 1.29 is 0 Å². The molecule has 0 fully saturated rings. The Morgan fingerprint density at radius 1 is 1.14 bits per heavy atom. The van der Waals surface area contributed by atoms with Gasteiger partial charge in [-0.2, -0.15) is 5.26 Å². The molecule has 0 aliphatic heterocycles. The Morgan fingerprint density at radius 2 is 1.93 bits per heavy atom. The molecule has 28 heavy (non-hydrogen) atoms. The smallest absolute Gasteiger partial charge is 0.149 e. The molecular formula is C22H16Cl2N4. The first-order chi connectivity index (χ1) is 13.5. The standard InChI is InChI=1S/C22H16Cl2N4/c1-13-10-15(14(2)28(13)20-9-5-6-17(23)21(20)24)11-16(12-25)22-26-18-7-3-4-8-19(18)27-22/h3-11H,1-2H3,(H,26,27)/b16-11+. The normalized spacial score (nSPS) is 11.8. The van der Waals surface area contributed by atoms with Crippen molar-refractivity contribution in [2.75, 3.05) is 0 Å². The van der Waals surface area contributed by atoms with Crippen LogP contribution in [-0.4, -0.2) is 14.5 Å². The molecule has 1 N–H and O–H groups in total. The summed E-state index contributed by atoms with van der Waals surface area (Å²) in [5.41, 5.74) is 5.88. The summed E-state index contributed by atoms with van der Waals surface area (Å²) in [4.78, 5) is 7.74. The molecule has 6 heteroatoms. The molecule has 2 heterocycles. The lowest BCUT2D eigenvalue weighted by Crippen LogP contribution is -2.00. The molecule has 2 aromatic heterocycles. The molecule has 4 aromatic rings. The van der Waals surface area contributed by atoms with E-state index in [4.69, 9.17) is 23.2 Å². The highest BCUT2D eigenvalue weighted by Gasteiger charge is 2.15. The highest BCUT2D eigenvalue weighted by molar-refractivity contribution is 6.43. The number of para-hydroxylation sites is 2. The van der Waals surface area contributed by atoms with Crippen molar-refractivity contribution in [2.24, 2.45) is 0 Å². The van der Waals surface area contributed by atoms with Crippen LogP contribution in [0.1, 0.15) is 22.8 Å². The third-order valence-electron chi connectivity index (χ3n) is 4.71. The van der Waals surface area contributed by atoms with Crippen molar-refractivity contribution in [3.8, 4) is 11.8 Å². The number of hydrogen-bond donors (Lipinski definition) is 1. The second-order valence-electron chi connectivity index (χ2n) is 6.51. The van der Waals surface area contributed by atoms with Crippen LogP contribution >= 0.6 is 23.2 Å². The van der Waals surface area contributed by atoms with Crippen molar-refractivity contribution in [2.45, 2.75) is 13.8 Å². The number of H-pyrrole nitrogens is 1. The van der Waals surface area contributed by atoms with E-state index in [1.807, 2.05) is 67.0 Å². The summed E-state index contributed by atoms with van der Waals surface area (Å²) >= 11 is 12.6. The van der Waals surface area contributed by atoms with Crippen molar-refractivity contribution in [3.63, 3.8) is 0 Å². The number of aromatic nitrogens is 3. The van der Waals surface area contributed by atoms with Crippen LogP contribution in [0, 0.1) is 25.2 Å². The van der Waals surface area contributed by atoms with Crippen LogP contribution in [0.25, 0.3) is 28.4 Å². The predicted octanol–water partition coefficient (Wildman–Crippen LogP) is 6.34. The van der Waals surface area contributed by atoms with Gasteiger partial charge in [-0.1, -0.05) is 41.4 Å². The van der Waals surface area contributed by atoms with Crippen LogP contribution in [0.15, 0.2) is 48.5 Å². The summed E-state index contributed by atoms with van der Waals surface area (Å²) in [6, 6.07) is 17.5. The Labute approximate surface area is 172 Å². The van der Waals surface area contributed by atoms with Gasteiger partial charge in [0.05, 0.1) is 32.3 Å². The van der Waals surface area contributed by atoms with Crippen LogP contribution in [-0.2, 0) is 0 Å². The Balaban J connectivity index is 1.83. The molecule has 2 aromatic carbocycles. The number of rotatable bonds is 3. The number of benzene rings is 2. The first kappa shape index (κ1) is 18.4. The lowest BCUT2D eigenvalue weighted by atomic mass is 10.1. The minimum atomic E-state index is 0.466. The Bertz CT molecular complexity index is 1240. The number of nitrogens with one attached hydrogen (secondary N) is 1. The fourth-order valence-electron chi connectivity index (χ4n) is 3.36. The summed E-state index contributed by atoms with van der Waals surface area (Å²) in [5.74, 6) is 0.550. The summed E-state index contributed by atoms with van der Waals surface area (Å²) < 4.78 is 2.04. The minimum absolute atomic E-state index is 0.466. The molecule has 0 amide bonds. The second kappa shape index (κ2) is 7.20. The van der Waals surface area contributed by atoms with Crippen molar-refractivity contribution in [1.82, 2.24) is 14.5 Å². The van der Waals surface area contributed by atoms with E-state index >= 15 is 0 Å². The maximum Gasteiger partial charge on any atom is 0.149 e. The van der Waals surface area contributed by atoms with Gasteiger partial charge >= 0.3 is 0 Å². The minimum Gasteiger partial charge on any atom is -0.337 e. The van der Waals surface area contributed by atoms with Gasteiger partial charge in [0, 0.05) is 11.4 Å². The van der Waals surface area contributed by atoms with Crippen LogP contribution in [0.2, 0.25) is 10.0 Å². The Kier molecular flexibility index (Phi) is 4.72. The first-order valence-electron chi connectivity index (χ1n) is 8.70. The average molecular weight is 407 g/mol. The topological polar surface area (TPSA) is 57.4 Å². The third kappa shape index (κ3) is 3.09. The van der Waals surface area contributed by atoms with Gasteiger partial charge in [-0.15, -0.1) is 0 Å². The molecule has 0 atom stereocenters. The predicted molar refractivity (Wildman–Crippen MR) is 115 cm³/mol. The van der Waals surface area contributed by atoms with Gasteiger partial charge in [-0.25, -0.2) is 4.98 Å². The molecule has 138 valence electrons. The van der Waals surface area contributed by atoms with E-state index in [-0.39, 0.29) is 0 Å². The zero-order valence-corrected chi connectivity index (χ0v) is 16.8. The summed E-state index contributed by atoms with van der Waals surface area (Å²) in [5, 5.41) is 10.7. The maximum atomic E-state index is 9.71. The number of nitriles is 1. The summed E-state index contributed by atoms with van der Waals surface area (Å²) in [6.07, 6.45) is 1.84. The van der Waals surface area contributed by atoms with Crippen LogP contribution < -0.4 is 0 Å². The molecule has 0 radical (unpaired) electrons. The third-order valence-corrected chi connectivity index (χ3v) is 5.52. The van der Waals surface area contributed by atoms with Gasteiger partial charge in [-0.05, 0) is 55.8 Å². The molecule has 4 nitrogen and oxygen atoms in total. The lowest BCUT2D eigenvalue weighted by Gasteiger charge is -2.12. The SMILES string of the molecule is Cc1cc(/C=C(\C#N)c2nc3ccccc3[nH]2)c(C)n1-c1cccc(Cl)c1Cl. The Morgan fingerprint density at radius 3 is 2.68 bits per heavy atom. The van der Waals surface area contributed by atoms with Gasteiger partial charge in [0.25, 0.3) is 0 Å². The molecular weight excluding hydrogens is 391 g/mol. The fraction of sp³-hybridized carbons (Fsp3) is 0.0909. The van der Waals surface area contributed by atoms with E-state index in [1.54, 1.807) is 6.07 Å². The number of imidazole rings is 1. The number of allylic oxidation sites excluding steroid dienone is 1. The van der Waals surface area contributed by atoms with Crippen LogP contribution in [0.3, 0.4) is 0 Å². The van der Waals surface area contributed by atoms with E-state index in [0.29, 0.717) is 21.4 Å². The average Bonchev–Trinajstić information content (AvgIpc) is 3.23. The second-order valence-corrected chi connectivity index (χ2v) is 7.29. The zero-order chi connectivity index (χ0) is 19.8. The van der Waals surface area contributed by atoms with Crippen molar-refractivity contribution in [1.29, 1.82) is 5.26 Å². The number of aryl methyl sites for hydroxylation is 1. The van der Waals surface area contributed by atoms with E-state index in [1.165, 1.54) is 0 Å². The monoisotopic (exact) mass is 406 g/mol. The zero-order valence-electron chi connectivity index (χ0n) is 15.3. The maximum absolute atomic E-state index is 9.71. The van der Waals surface area contributed by atoms with Crippen molar-refractivity contribution in [3.05, 3.63) is 81.4 Å². The van der Waals surface area contributed by atoms with Gasteiger partial charge in [0.1, 0.15) is 11.9 Å². The molecule has 0 spiro atoms. The first-order valence-corrected chi connectivity index (χ1v) is 9.45.